The van der Waals surface area contributed by atoms with Crippen molar-refractivity contribution in [1.82, 2.24) is 19.9 Å². The molecule has 0 spiro atoms. The number of rotatable bonds is 8. The molecule has 1 aromatic carbocycles. The zero-order valence-corrected chi connectivity index (χ0v) is 16.3. The number of hydrogen-bond donors (Lipinski definition) is 6. The maximum Gasteiger partial charge on any atom is 0.410 e. The van der Waals surface area contributed by atoms with Gasteiger partial charge in [0.1, 0.15) is 0 Å². The van der Waals surface area contributed by atoms with Crippen LogP contribution in [0.1, 0.15) is 0 Å². The molecule has 0 saturated carbocycles. The number of benzene rings is 1. The van der Waals surface area contributed by atoms with Crippen LogP contribution in [0.5, 0.6) is 23.1 Å². The van der Waals surface area contributed by atoms with Gasteiger partial charge in [-0.15, -0.1) is 0 Å². The third-order valence-electron chi connectivity index (χ3n) is 3.79. The fourth-order valence-corrected chi connectivity index (χ4v) is 2.29. The van der Waals surface area contributed by atoms with Crippen LogP contribution >= 0.6 is 0 Å². The molecule has 0 bridgehead atoms. The fraction of sp³-hybridized carbons (Fsp3) is 0.222. The summed E-state index contributed by atoms with van der Waals surface area (Å²) in [4.78, 5) is 16.2. The van der Waals surface area contributed by atoms with E-state index in [9.17, 15) is 25.5 Å². The molecule has 13 nitrogen and oxygen atoms in total. The van der Waals surface area contributed by atoms with Gasteiger partial charge in [0.15, 0.2) is 23.1 Å². The van der Waals surface area contributed by atoms with E-state index in [1.165, 1.54) is 32.6 Å². The first-order valence-electron chi connectivity index (χ1n) is 8.65. The summed E-state index contributed by atoms with van der Waals surface area (Å²) < 4.78 is 15.8. The van der Waals surface area contributed by atoms with E-state index in [0.717, 1.165) is 0 Å². The summed E-state index contributed by atoms with van der Waals surface area (Å²) in [6.07, 6.45) is 2.85. The van der Waals surface area contributed by atoms with Crippen LogP contribution < -0.4 is 19.5 Å². The number of hydrogen-bond acceptors (Lipinski definition) is 13. The summed E-state index contributed by atoms with van der Waals surface area (Å²) in [7, 11) is 2.89. The molecule has 0 atom stereocenters. The van der Waals surface area contributed by atoms with Gasteiger partial charge in [-0.1, -0.05) is 12.1 Å². The van der Waals surface area contributed by atoms with Crippen LogP contribution in [0.25, 0.3) is 11.6 Å². The third-order valence-corrected chi connectivity index (χ3v) is 3.79. The Morgan fingerprint density at radius 3 is 2.10 bits per heavy atom. The lowest BCUT2D eigenvalue weighted by Gasteiger charge is -2.29. The molecule has 31 heavy (non-hydrogen) atoms. The minimum absolute atomic E-state index is 0.0198. The smallest absolute Gasteiger partial charge is 0.410 e. The predicted molar refractivity (Wildman–Crippen MR) is 103 cm³/mol. The van der Waals surface area contributed by atoms with Crippen LogP contribution in [0, 0.1) is 0 Å². The highest BCUT2D eigenvalue weighted by molar-refractivity contribution is 5.62. The number of methoxy groups -OCH3 is 1. The second-order valence-electron chi connectivity index (χ2n) is 5.95. The summed E-state index contributed by atoms with van der Waals surface area (Å²) in [6.45, 7) is 0. The van der Waals surface area contributed by atoms with Gasteiger partial charge in [-0.3, -0.25) is 0 Å². The van der Waals surface area contributed by atoms with Crippen molar-refractivity contribution in [2.75, 3.05) is 19.5 Å². The molecule has 13 heteroatoms. The van der Waals surface area contributed by atoms with Gasteiger partial charge < -0.3 is 45.1 Å². The lowest BCUT2D eigenvalue weighted by Crippen LogP contribution is -2.58. The maximum atomic E-state index is 9.81. The van der Waals surface area contributed by atoms with Crippen LogP contribution in [-0.4, -0.2) is 71.6 Å². The molecule has 164 valence electrons. The van der Waals surface area contributed by atoms with E-state index in [0.29, 0.717) is 5.75 Å². The highest BCUT2D eigenvalue weighted by Gasteiger charge is 2.51. The lowest BCUT2D eigenvalue weighted by atomic mass is 10.3. The normalized spacial score (nSPS) is 11.7. The van der Waals surface area contributed by atoms with Crippen molar-refractivity contribution in [1.29, 1.82) is 0 Å². The first-order valence-corrected chi connectivity index (χ1v) is 8.65. The minimum atomic E-state index is -4.07. The monoisotopic (exact) mass is 433 g/mol. The molecular formula is C18H19N5O8. The molecule has 3 rings (SSSR count). The Kier molecular flexibility index (Phi) is 6.14. The van der Waals surface area contributed by atoms with Crippen LogP contribution in [-0.2, 0) is 0 Å². The highest BCUT2D eigenvalue weighted by Crippen LogP contribution is 2.41. The van der Waals surface area contributed by atoms with E-state index in [4.69, 9.17) is 14.2 Å². The van der Waals surface area contributed by atoms with Crippen LogP contribution in [0.4, 0.5) is 5.82 Å². The van der Waals surface area contributed by atoms with Crippen molar-refractivity contribution in [2.24, 2.45) is 0 Å². The highest BCUT2D eigenvalue weighted by atomic mass is 16.8. The Labute approximate surface area is 175 Å². The summed E-state index contributed by atoms with van der Waals surface area (Å²) >= 11 is 0. The van der Waals surface area contributed by atoms with Crippen LogP contribution in [0.3, 0.4) is 0 Å². The molecule has 0 aliphatic heterocycles. The van der Waals surface area contributed by atoms with E-state index in [1.807, 2.05) is 0 Å². The molecule has 0 saturated heterocycles. The predicted octanol–water partition coefficient (Wildman–Crippen LogP) is -0.576. The molecule has 2 heterocycles. The number of nitrogens with zero attached hydrogens (tertiary/aromatic N) is 4. The number of aliphatic hydroxyl groups is 5. The van der Waals surface area contributed by atoms with Crippen molar-refractivity contribution in [3.8, 4) is 34.8 Å². The fourth-order valence-electron chi connectivity index (χ4n) is 2.29. The second kappa shape index (κ2) is 8.63. The van der Waals surface area contributed by atoms with Gasteiger partial charge in [-0.25, -0.2) is 15.0 Å². The largest absolute Gasteiger partial charge is 0.493 e. The number of ether oxygens (including phenoxy) is 3. The Morgan fingerprint density at radius 2 is 1.52 bits per heavy atom. The van der Waals surface area contributed by atoms with Crippen molar-refractivity contribution in [3.63, 3.8) is 0 Å². The Morgan fingerprint density at radius 1 is 0.871 bits per heavy atom. The van der Waals surface area contributed by atoms with E-state index < -0.39 is 17.8 Å². The molecule has 0 unspecified atom stereocenters. The number of para-hydroxylation sites is 2. The summed E-state index contributed by atoms with van der Waals surface area (Å²) in [5.41, 5.74) is 0. The van der Waals surface area contributed by atoms with E-state index in [1.54, 1.807) is 24.3 Å². The van der Waals surface area contributed by atoms with Crippen molar-refractivity contribution in [3.05, 3.63) is 42.7 Å². The van der Waals surface area contributed by atoms with Gasteiger partial charge in [-0.05, 0) is 18.2 Å². The van der Waals surface area contributed by atoms with Crippen molar-refractivity contribution < 1.29 is 39.7 Å². The average Bonchev–Trinajstić information content (AvgIpc) is 2.74. The molecule has 0 amide bonds. The van der Waals surface area contributed by atoms with Gasteiger partial charge in [-0.2, -0.15) is 4.98 Å². The Bertz CT molecular complexity index is 1040. The van der Waals surface area contributed by atoms with Crippen molar-refractivity contribution in [2.45, 2.75) is 11.9 Å². The maximum absolute atomic E-state index is 9.81. The van der Waals surface area contributed by atoms with E-state index in [-0.39, 0.29) is 29.0 Å². The average molecular weight is 433 g/mol. The first kappa shape index (κ1) is 22.1. The molecule has 0 aliphatic rings. The molecule has 6 N–H and O–H groups in total. The van der Waals surface area contributed by atoms with Gasteiger partial charge >= 0.3 is 11.9 Å². The second-order valence-corrected chi connectivity index (χ2v) is 5.95. The molecule has 3 aromatic rings. The zero-order valence-electron chi connectivity index (χ0n) is 16.3. The standard InChI is InChI=1S/C18H19N5O8/c1-19-13-12(30-11-7-4-3-6-10(11)29-2)16(31-18(27,28)17(24,25)26)23-15(22-13)14-20-8-5-9-21-14/h3-9,24-28H,1-2H3,(H,19,22,23). The number of anilines is 1. The quantitative estimate of drug-likeness (QED) is 0.247. The van der Waals surface area contributed by atoms with Gasteiger partial charge in [0, 0.05) is 19.4 Å². The Hall–Kier alpha value is -3.62. The summed E-state index contributed by atoms with van der Waals surface area (Å²) in [6, 6.07) is 8.04. The third kappa shape index (κ3) is 4.76. The molecule has 0 radical (unpaired) electrons. The van der Waals surface area contributed by atoms with Gasteiger partial charge in [0.2, 0.25) is 11.6 Å². The number of aromatic nitrogens is 4. The molecule has 2 aromatic heterocycles. The van der Waals surface area contributed by atoms with Crippen LogP contribution in [0.2, 0.25) is 0 Å². The summed E-state index contributed by atoms with van der Waals surface area (Å²) in [5, 5.41) is 50.0. The van der Waals surface area contributed by atoms with Crippen LogP contribution in [0.15, 0.2) is 42.7 Å². The van der Waals surface area contributed by atoms with Gasteiger partial charge in [0.05, 0.1) is 7.11 Å². The first-order chi connectivity index (χ1) is 14.7. The minimum Gasteiger partial charge on any atom is -0.493 e. The van der Waals surface area contributed by atoms with E-state index in [2.05, 4.69) is 25.3 Å². The number of nitrogens with one attached hydrogen (secondary N) is 1. The summed E-state index contributed by atoms with van der Waals surface area (Å²) in [5.74, 6) is -8.60. The topological polar surface area (TPSA) is 192 Å². The van der Waals surface area contributed by atoms with E-state index >= 15 is 0 Å². The Balaban J connectivity index is 2.17. The van der Waals surface area contributed by atoms with Gasteiger partial charge in [0.25, 0.3) is 5.88 Å². The molecule has 0 fully saturated rings. The SMILES string of the molecule is CNc1nc(-c2ncccn2)nc(OC(O)(O)C(O)(O)O)c1Oc1ccccc1OC. The zero-order chi connectivity index (χ0) is 22.6. The lowest BCUT2D eigenvalue weighted by molar-refractivity contribution is -0.502. The molecular weight excluding hydrogens is 414 g/mol. The molecule has 0 aliphatic carbocycles. The van der Waals surface area contributed by atoms with Crippen molar-refractivity contribution >= 4 is 5.82 Å².